The molecule has 2 N–H and O–H groups in total. The number of hydrogen-bond acceptors (Lipinski definition) is 3. The van der Waals surface area contributed by atoms with E-state index in [1.54, 1.807) is 7.11 Å². The molecular formula is C15H24N2O. The Labute approximate surface area is 110 Å². The Bertz CT molecular complexity index is 359. The lowest BCUT2D eigenvalue weighted by molar-refractivity contribution is 0.0968. The van der Waals surface area contributed by atoms with Crippen molar-refractivity contribution in [2.75, 3.05) is 26.8 Å². The first-order valence-corrected chi connectivity index (χ1v) is 6.81. The Balaban J connectivity index is 1.83. The Kier molecular flexibility index (Phi) is 5.17. The van der Waals surface area contributed by atoms with Gasteiger partial charge in [-0.25, -0.2) is 0 Å². The molecule has 0 amide bonds. The molecule has 2 rings (SSSR count). The first-order valence-electron chi connectivity index (χ1n) is 6.81. The van der Waals surface area contributed by atoms with Crippen molar-refractivity contribution >= 4 is 0 Å². The van der Waals surface area contributed by atoms with E-state index in [9.17, 15) is 0 Å². The Morgan fingerprint density at radius 2 is 2.00 bits per heavy atom. The molecule has 0 aromatic heterocycles. The van der Waals surface area contributed by atoms with E-state index in [0.29, 0.717) is 6.54 Å². The zero-order chi connectivity index (χ0) is 12.8. The summed E-state index contributed by atoms with van der Waals surface area (Å²) in [6.07, 6.45) is 2.51. The third-order valence-electron chi connectivity index (χ3n) is 3.74. The first kappa shape index (κ1) is 13.5. The van der Waals surface area contributed by atoms with Crippen LogP contribution < -0.4 is 5.73 Å². The predicted octanol–water partition coefficient (Wildman–Crippen LogP) is 2.00. The van der Waals surface area contributed by atoms with Crippen LogP contribution in [0.25, 0.3) is 0 Å². The lowest BCUT2D eigenvalue weighted by Crippen LogP contribution is -2.34. The third kappa shape index (κ3) is 3.80. The molecule has 0 bridgehead atoms. The van der Waals surface area contributed by atoms with Crippen LogP contribution >= 0.6 is 0 Å². The van der Waals surface area contributed by atoms with E-state index in [-0.39, 0.29) is 0 Å². The number of methoxy groups -OCH3 is 1. The molecule has 0 saturated carbocycles. The molecular weight excluding hydrogens is 224 g/mol. The summed E-state index contributed by atoms with van der Waals surface area (Å²) in [5, 5.41) is 0. The summed E-state index contributed by atoms with van der Waals surface area (Å²) in [4.78, 5) is 2.53. The van der Waals surface area contributed by atoms with Crippen LogP contribution in [0, 0.1) is 5.92 Å². The molecule has 1 aromatic rings. The maximum Gasteiger partial charge on any atom is 0.0491 e. The van der Waals surface area contributed by atoms with Crippen molar-refractivity contribution in [1.82, 2.24) is 4.90 Å². The molecule has 1 aromatic carbocycles. The highest BCUT2D eigenvalue weighted by atomic mass is 16.5. The van der Waals surface area contributed by atoms with Gasteiger partial charge in [0.25, 0.3) is 0 Å². The number of nitrogens with two attached hydrogens (primary N) is 1. The molecule has 18 heavy (non-hydrogen) atoms. The van der Waals surface area contributed by atoms with Crippen molar-refractivity contribution in [1.29, 1.82) is 0 Å². The van der Waals surface area contributed by atoms with Crippen LogP contribution in [-0.4, -0.2) is 31.7 Å². The Morgan fingerprint density at radius 3 is 2.67 bits per heavy atom. The summed E-state index contributed by atoms with van der Waals surface area (Å²) in [5.74, 6) is 0.752. The van der Waals surface area contributed by atoms with Gasteiger partial charge in [0.2, 0.25) is 0 Å². The van der Waals surface area contributed by atoms with Crippen LogP contribution in [0.15, 0.2) is 24.3 Å². The van der Waals surface area contributed by atoms with Gasteiger partial charge in [0.1, 0.15) is 0 Å². The third-order valence-corrected chi connectivity index (χ3v) is 3.74. The SMILES string of the molecule is COCC1CCN(Cc2cccc(CN)c2)CC1. The van der Waals surface area contributed by atoms with Crippen LogP contribution in [0.1, 0.15) is 24.0 Å². The second-order valence-corrected chi connectivity index (χ2v) is 5.20. The van der Waals surface area contributed by atoms with Crippen molar-refractivity contribution in [2.45, 2.75) is 25.9 Å². The van der Waals surface area contributed by atoms with Crippen molar-refractivity contribution in [3.05, 3.63) is 35.4 Å². The standard InChI is InChI=1S/C15H24N2O/c1-18-12-13-5-7-17(8-6-13)11-15-4-2-3-14(9-15)10-16/h2-4,9,13H,5-8,10-12,16H2,1H3. The second-order valence-electron chi connectivity index (χ2n) is 5.20. The molecule has 0 spiro atoms. The minimum absolute atomic E-state index is 0.629. The second kappa shape index (κ2) is 6.88. The molecule has 100 valence electrons. The molecule has 3 nitrogen and oxygen atoms in total. The predicted molar refractivity (Wildman–Crippen MR) is 74.2 cm³/mol. The fourth-order valence-electron chi connectivity index (χ4n) is 2.66. The highest BCUT2D eigenvalue weighted by Crippen LogP contribution is 2.19. The van der Waals surface area contributed by atoms with E-state index in [1.807, 2.05) is 0 Å². The van der Waals surface area contributed by atoms with Gasteiger partial charge in [-0.1, -0.05) is 24.3 Å². The van der Waals surface area contributed by atoms with Crippen LogP contribution in [0.3, 0.4) is 0 Å². The molecule has 0 aliphatic carbocycles. The monoisotopic (exact) mass is 248 g/mol. The fraction of sp³-hybridized carbons (Fsp3) is 0.600. The lowest BCUT2D eigenvalue weighted by atomic mass is 9.97. The molecule has 1 heterocycles. The largest absolute Gasteiger partial charge is 0.384 e. The number of likely N-dealkylation sites (tertiary alicyclic amines) is 1. The number of benzene rings is 1. The highest BCUT2D eigenvalue weighted by Gasteiger charge is 2.18. The Morgan fingerprint density at radius 1 is 1.28 bits per heavy atom. The molecule has 1 aliphatic heterocycles. The summed E-state index contributed by atoms with van der Waals surface area (Å²) in [6.45, 7) is 4.95. The van der Waals surface area contributed by atoms with E-state index in [4.69, 9.17) is 10.5 Å². The molecule has 1 aliphatic rings. The summed E-state index contributed by atoms with van der Waals surface area (Å²) in [5.41, 5.74) is 8.28. The summed E-state index contributed by atoms with van der Waals surface area (Å²) >= 11 is 0. The van der Waals surface area contributed by atoms with Crippen LogP contribution in [-0.2, 0) is 17.8 Å². The van der Waals surface area contributed by atoms with Gasteiger partial charge in [-0.3, -0.25) is 4.90 Å². The molecule has 0 radical (unpaired) electrons. The van der Waals surface area contributed by atoms with E-state index in [0.717, 1.165) is 19.1 Å². The summed E-state index contributed by atoms with van der Waals surface area (Å²) in [7, 11) is 1.80. The van der Waals surface area contributed by atoms with Crippen LogP contribution in [0.5, 0.6) is 0 Å². The lowest BCUT2D eigenvalue weighted by Gasteiger charge is -2.31. The maximum absolute atomic E-state index is 5.68. The smallest absolute Gasteiger partial charge is 0.0491 e. The first-order chi connectivity index (χ1) is 8.81. The Hall–Kier alpha value is -0.900. The number of piperidine rings is 1. The van der Waals surface area contributed by atoms with Gasteiger partial charge in [-0.05, 0) is 43.0 Å². The molecule has 3 heteroatoms. The van der Waals surface area contributed by atoms with Crippen LogP contribution in [0.2, 0.25) is 0 Å². The van der Waals surface area contributed by atoms with E-state index < -0.39 is 0 Å². The van der Waals surface area contributed by atoms with Crippen molar-refractivity contribution in [2.24, 2.45) is 11.7 Å². The molecule has 1 saturated heterocycles. The van der Waals surface area contributed by atoms with Gasteiger partial charge in [0.15, 0.2) is 0 Å². The van der Waals surface area contributed by atoms with E-state index >= 15 is 0 Å². The average molecular weight is 248 g/mol. The number of hydrogen-bond donors (Lipinski definition) is 1. The summed E-state index contributed by atoms with van der Waals surface area (Å²) < 4.78 is 5.23. The number of rotatable bonds is 5. The normalized spacial score (nSPS) is 18.1. The maximum atomic E-state index is 5.68. The van der Waals surface area contributed by atoms with Crippen molar-refractivity contribution < 1.29 is 4.74 Å². The summed E-state index contributed by atoms with van der Waals surface area (Å²) in [6, 6.07) is 8.62. The van der Waals surface area contributed by atoms with E-state index in [2.05, 4.69) is 29.2 Å². The van der Waals surface area contributed by atoms with Gasteiger partial charge in [0, 0.05) is 26.8 Å². The fourth-order valence-corrected chi connectivity index (χ4v) is 2.66. The zero-order valence-electron chi connectivity index (χ0n) is 11.3. The number of nitrogens with zero attached hydrogens (tertiary/aromatic N) is 1. The highest BCUT2D eigenvalue weighted by molar-refractivity contribution is 5.23. The quantitative estimate of drug-likeness (QED) is 0.866. The van der Waals surface area contributed by atoms with Gasteiger partial charge < -0.3 is 10.5 Å². The zero-order valence-corrected chi connectivity index (χ0v) is 11.3. The minimum Gasteiger partial charge on any atom is -0.384 e. The molecule has 1 fully saturated rings. The topological polar surface area (TPSA) is 38.5 Å². The van der Waals surface area contributed by atoms with Crippen molar-refractivity contribution in [3.63, 3.8) is 0 Å². The average Bonchev–Trinajstić information content (AvgIpc) is 2.42. The van der Waals surface area contributed by atoms with Gasteiger partial charge in [-0.2, -0.15) is 0 Å². The van der Waals surface area contributed by atoms with Crippen LogP contribution in [0.4, 0.5) is 0 Å². The minimum atomic E-state index is 0.629. The van der Waals surface area contributed by atoms with Gasteiger partial charge >= 0.3 is 0 Å². The number of ether oxygens (including phenoxy) is 1. The molecule has 0 atom stereocenters. The van der Waals surface area contributed by atoms with Crippen molar-refractivity contribution in [3.8, 4) is 0 Å². The molecule has 0 unspecified atom stereocenters. The van der Waals surface area contributed by atoms with Gasteiger partial charge in [-0.15, -0.1) is 0 Å². The van der Waals surface area contributed by atoms with E-state index in [1.165, 1.54) is 37.1 Å². The van der Waals surface area contributed by atoms with Gasteiger partial charge in [0.05, 0.1) is 0 Å².